The molecule has 102 valence electrons. The van der Waals surface area contributed by atoms with Crippen molar-refractivity contribution in [3.8, 4) is 0 Å². The number of primary sulfonamides is 1. The molecule has 0 spiro atoms. The Hall–Kier alpha value is -1.27. The van der Waals surface area contributed by atoms with Crippen LogP contribution in [0.25, 0.3) is 0 Å². The zero-order valence-corrected chi connectivity index (χ0v) is 12.0. The van der Waals surface area contributed by atoms with Gasteiger partial charge in [0, 0.05) is 11.7 Å². The van der Waals surface area contributed by atoms with Crippen molar-refractivity contribution in [2.75, 3.05) is 11.1 Å². The normalized spacial score (nSPS) is 14.3. The van der Waals surface area contributed by atoms with Crippen LogP contribution in [-0.2, 0) is 10.0 Å². The van der Waals surface area contributed by atoms with Crippen LogP contribution in [-0.4, -0.2) is 14.5 Å². The third kappa shape index (κ3) is 3.61. The summed E-state index contributed by atoms with van der Waals surface area (Å²) in [6.45, 7) is 8.19. The first-order valence-corrected chi connectivity index (χ1v) is 7.25. The predicted molar refractivity (Wildman–Crippen MR) is 74.8 cm³/mol. The van der Waals surface area contributed by atoms with E-state index < -0.39 is 10.0 Å². The molecule has 0 heterocycles. The van der Waals surface area contributed by atoms with Crippen LogP contribution >= 0.6 is 0 Å². The standard InChI is InChI=1S/C12H21N3O2S/c1-8(12(2,3)4)15-10-6-5-9(13)7-11(10)18(14,16)17/h5-8,15H,13H2,1-4H3,(H2,14,16,17). The average molecular weight is 271 g/mol. The number of nitrogens with one attached hydrogen (secondary N) is 1. The predicted octanol–water partition coefficient (Wildman–Crippen LogP) is 1.76. The SMILES string of the molecule is CC(Nc1ccc(N)cc1S(N)(=O)=O)C(C)(C)C. The zero-order chi connectivity index (χ0) is 14.1. The molecule has 0 amide bonds. The van der Waals surface area contributed by atoms with E-state index in [1.54, 1.807) is 12.1 Å². The minimum atomic E-state index is -3.79. The molecule has 0 aliphatic rings. The summed E-state index contributed by atoms with van der Waals surface area (Å²) < 4.78 is 23.0. The van der Waals surface area contributed by atoms with Crippen molar-refractivity contribution in [3.05, 3.63) is 18.2 Å². The summed E-state index contributed by atoms with van der Waals surface area (Å²) in [4.78, 5) is 0.0265. The van der Waals surface area contributed by atoms with E-state index in [0.717, 1.165) is 0 Å². The van der Waals surface area contributed by atoms with E-state index in [2.05, 4.69) is 26.1 Å². The average Bonchev–Trinajstić information content (AvgIpc) is 2.17. The number of sulfonamides is 1. The van der Waals surface area contributed by atoms with E-state index >= 15 is 0 Å². The number of nitrogen functional groups attached to an aromatic ring is 1. The molecular formula is C12H21N3O2S. The lowest BCUT2D eigenvalue weighted by atomic mass is 9.88. The molecule has 1 aromatic rings. The second kappa shape index (κ2) is 4.78. The molecular weight excluding hydrogens is 250 g/mol. The highest BCUT2D eigenvalue weighted by molar-refractivity contribution is 7.89. The molecule has 6 heteroatoms. The van der Waals surface area contributed by atoms with Crippen molar-refractivity contribution in [1.29, 1.82) is 0 Å². The Bertz CT molecular complexity index is 533. The summed E-state index contributed by atoms with van der Waals surface area (Å²) >= 11 is 0. The Morgan fingerprint density at radius 3 is 2.28 bits per heavy atom. The lowest BCUT2D eigenvalue weighted by Crippen LogP contribution is -2.31. The van der Waals surface area contributed by atoms with E-state index in [1.165, 1.54) is 6.07 Å². The number of nitrogens with two attached hydrogens (primary N) is 2. The van der Waals surface area contributed by atoms with Crippen molar-refractivity contribution in [2.24, 2.45) is 10.6 Å². The maximum atomic E-state index is 11.5. The summed E-state index contributed by atoms with van der Waals surface area (Å²) in [5, 5.41) is 8.36. The van der Waals surface area contributed by atoms with Crippen LogP contribution in [0, 0.1) is 5.41 Å². The molecule has 0 saturated carbocycles. The van der Waals surface area contributed by atoms with E-state index in [9.17, 15) is 8.42 Å². The fourth-order valence-corrected chi connectivity index (χ4v) is 2.08. The van der Waals surface area contributed by atoms with Gasteiger partial charge in [-0.05, 0) is 30.5 Å². The monoisotopic (exact) mass is 271 g/mol. The third-order valence-electron chi connectivity index (χ3n) is 2.98. The summed E-state index contributed by atoms with van der Waals surface area (Å²) in [5.74, 6) is 0. The Balaban J connectivity index is 3.18. The van der Waals surface area contributed by atoms with Gasteiger partial charge in [0.2, 0.25) is 10.0 Å². The van der Waals surface area contributed by atoms with Gasteiger partial charge in [-0.25, -0.2) is 13.6 Å². The third-order valence-corrected chi connectivity index (χ3v) is 3.93. The lowest BCUT2D eigenvalue weighted by Gasteiger charge is -2.29. The topological polar surface area (TPSA) is 98.2 Å². The molecule has 18 heavy (non-hydrogen) atoms. The zero-order valence-electron chi connectivity index (χ0n) is 11.2. The first-order valence-electron chi connectivity index (χ1n) is 5.70. The summed E-state index contributed by atoms with van der Waals surface area (Å²) in [6.07, 6.45) is 0. The maximum absolute atomic E-state index is 11.5. The van der Waals surface area contributed by atoms with Gasteiger partial charge in [0.1, 0.15) is 4.90 Å². The minimum Gasteiger partial charge on any atom is -0.399 e. The minimum absolute atomic E-state index is 0.00296. The van der Waals surface area contributed by atoms with Crippen molar-refractivity contribution >= 4 is 21.4 Å². The molecule has 5 nitrogen and oxygen atoms in total. The largest absolute Gasteiger partial charge is 0.399 e. The van der Waals surface area contributed by atoms with Gasteiger partial charge >= 0.3 is 0 Å². The smallest absolute Gasteiger partial charge is 0.240 e. The summed E-state index contributed by atoms with van der Waals surface area (Å²) in [6, 6.07) is 4.73. The van der Waals surface area contributed by atoms with Gasteiger partial charge in [-0.3, -0.25) is 0 Å². The highest BCUT2D eigenvalue weighted by Crippen LogP contribution is 2.27. The second-order valence-electron chi connectivity index (χ2n) is 5.53. The maximum Gasteiger partial charge on any atom is 0.240 e. The van der Waals surface area contributed by atoms with Crippen molar-refractivity contribution in [2.45, 2.75) is 38.6 Å². The summed E-state index contributed by atoms with van der Waals surface area (Å²) in [5.41, 5.74) is 6.44. The Morgan fingerprint density at radius 1 is 1.28 bits per heavy atom. The van der Waals surface area contributed by atoms with Gasteiger partial charge < -0.3 is 11.1 Å². The lowest BCUT2D eigenvalue weighted by molar-refractivity contribution is 0.359. The molecule has 1 unspecified atom stereocenters. The van der Waals surface area contributed by atoms with Crippen LogP contribution in [0.5, 0.6) is 0 Å². The van der Waals surface area contributed by atoms with E-state index in [-0.39, 0.29) is 16.4 Å². The molecule has 0 saturated heterocycles. The van der Waals surface area contributed by atoms with E-state index in [4.69, 9.17) is 10.9 Å². The van der Waals surface area contributed by atoms with Gasteiger partial charge in [0.15, 0.2) is 0 Å². The molecule has 1 atom stereocenters. The van der Waals surface area contributed by atoms with Crippen molar-refractivity contribution in [3.63, 3.8) is 0 Å². The van der Waals surface area contributed by atoms with Crippen LogP contribution in [0.15, 0.2) is 23.1 Å². The van der Waals surface area contributed by atoms with Gasteiger partial charge in [-0.1, -0.05) is 20.8 Å². The summed E-state index contributed by atoms with van der Waals surface area (Å²) in [7, 11) is -3.79. The van der Waals surface area contributed by atoms with Crippen LogP contribution in [0.2, 0.25) is 0 Å². The van der Waals surface area contributed by atoms with Gasteiger partial charge in [0.05, 0.1) is 5.69 Å². The molecule has 1 aromatic carbocycles. The molecule has 0 fully saturated rings. The van der Waals surface area contributed by atoms with Crippen molar-refractivity contribution in [1.82, 2.24) is 0 Å². The number of anilines is 2. The molecule has 0 radical (unpaired) electrons. The van der Waals surface area contributed by atoms with Gasteiger partial charge in [-0.15, -0.1) is 0 Å². The van der Waals surface area contributed by atoms with E-state index in [1.807, 2.05) is 6.92 Å². The van der Waals surface area contributed by atoms with Crippen molar-refractivity contribution < 1.29 is 8.42 Å². The number of hydrogen-bond donors (Lipinski definition) is 3. The molecule has 1 rings (SSSR count). The number of hydrogen-bond acceptors (Lipinski definition) is 4. The molecule has 0 aromatic heterocycles. The molecule has 0 aliphatic carbocycles. The number of benzene rings is 1. The quantitative estimate of drug-likeness (QED) is 0.729. The first-order chi connectivity index (χ1) is 8.01. The molecule has 5 N–H and O–H groups in total. The molecule has 0 bridgehead atoms. The number of rotatable bonds is 3. The Morgan fingerprint density at radius 2 is 1.83 bits per heavy atom. The van der Waals surface area contributed by atoms with Gasteiger partial charge in [-0.2, -0.15) is 0 Å². The Kier molecular flexibility index (Phi) is 3.92. The van der Waals surface area contributed by atoms with Crippen LogP contribution in [0.1, 0.15) is 27.7 Å². The second-order valence-corrected chi connectivity index (χ2v) is 7.06. The fraction of sp³-hybridized carbons (Fsp3) is 0.500. The Labute approximate surface area is 109 Å². The fourth-order valence-electron chi connectivity index (χ4n) is 1.34. The molecule has 0 aliphatic heterocycles. The van der Waals surface area contributed by atoms with Crippen LogP contribution in [0.4, 0.5) is 11.4 Å². The highest BCUT2D eigenvalue weighted by atomic mass is 32.2. The van der Waals surface area contributed by atoms with Gasteiger partial charge in [0.25, 0.3) is 0 Å². The van der Waals surface area contributed by atoms with Crippen LogP contribution < -0.4 is 16.2 Å². The van der Waals surface area contributed by atoms with E-state index in [0.29, 0.717) is 11.4 Å². The first kappa shape index (κ1) is 14.8. The highest BCUT2D eigenvalue weighted by Gasteiger charge is 2.22. The van der Waals surface area contributed by atoms with Crippen LogP contribution in [0.3, 0.4) is 0 Å².